The summed E-state index contributed by atoms with van der Waals surface area (Å²) in [5.41, 5.74) is 3.90. The van der Waals surface area contributed by atoms with Gasteiger partial charge >= 0.3 is 0 Å². The van der Waals surface area contributed by atoms with Gasteiger partial charge in [-0.05, 0) is 47.9 Å². The maximum atomic E-state index is 3.56. The molecule has 1 N–H and O–H groups in total. The zero-order valence-electron chi connectivity index (χ0n) is 12.0. The quantitative estimate of drug-likeness (QED) is 0.704. The fourth-order valence-corrected chi connectivity index (χ4v) is 3.67. The first-order valence-corrected chi connectivity index (χ1v) is 8.33. The van der Waals surface area contributed by atoms with E-state index in [4.69, 9.17) is 0 Å². The standard InChI is InChI=1S/C17H19Br2N/c1-11(2)12-4-6-13(7-5-12)17(20-3)14-8-15(18)10-16(19)9-14/h4-11,17,20H,1-3H3. The van der Waals surface area contributed by atoms with Crippen molar-refractivity contribution >= 4 is 31.9 Å². The van der Waals surface area contributed by atoms with Gasteiger partial charge in [-0.1, -0.05) is 70.0 Å². The number of rotatable bonds is 4. The Balaban J connectivity index is 2.36. The highest BCUT2D eigenvalue weighted by molar-refractivity contribution is 9.11. The molecule has 0 amide bonds. The molecule has 0 aliphatic heterocycles. The van der Waals surface area contributed by atoms with Crippen LogP contribution in [0.5, 0.6) is 0 Å². The van der Waals surface area contributed by atoms with Crippen molar-refractivity contribution in [2.24, 2.45) is 0 Å². The summed E-state index contributed by atoms with van der Waals surface area (Å²) in [5, 5.41) is 3.40. The lowest BCUT2D eigenvalue weighted by Crippen LogP contribution is -2.17. The molecule has 0 saturated heterocycles. The topological polar surface area (TPSA) is 12.0 Å². The van der Waals surface area contributed by atoms with Crippen LogP contribution in [0.25, 0.3) is 0 Å². The molecule has 2 aromatic carbocycles. The second kappa shape index (κ2) is 6.88. The molecule has 0 spiro atoms. The SMILES string of the molecule is CNC(c1ccc(C(C)C)cc1)c1cc(Br)cc(Br)c1. The minimum atomic E-state index is 0.199. The van der Waals surface area contributed by atoms with Crippen LogP contribution in [0, 0.1) is 0 Å². The minimum Gasteiger partial charge on any atom is -0.309 e. The fraction of sp³-hybridized carbons (Fsp3) is 0.294. The summed E-state index contributed by atoms with van der Waals surface area (Å²) in [5.74, 6) is 0.567. The summed E-state index contributed by atoms with van der Waals surface area (Å²) >= 11 is 7.11. The molecule has 0 aliphatic carbocycles. The van der Waals surface area contributed by atoms with E-state index in [9.17, 15) is 0 Å². The number of nitrogens with one attached hydrogen (secondary N) is 1. The van der Waals surface area contributed by atoms with Crippen molar-refractivity contribution in [2.45, 2.75) is 25.8 Å². The molecular weight excluding hydrogens is 378 g/mol. The second-order valence-corrected chi connectivity index (χ2v) is 7.08. The summed E-state index contributed by atoms with van der Waals surface area (Å²) in [6.07, 6.45) is 0. The zero-order valence-corrected chi connectivity index (χ0v) is 15.1. The van der Waals surface area contributed by atoms with Crippen LogP contribution in [0.4, 0.5) is 0 Å². The zero-order chi connectivity index (χ0) is 14.7. The average Bonchev–Trinajstić information content (AvgIpc) is 2.39. The van der Waals surface area contributed by atoms with Crippen LogP contribution in [0.2, 0.25) is 0 Å². The lowest BCUT2D eigenvalue weighted by atomic mass is 9.95. The molecular formula is C17H19Br2N. The van der Waals surface area contributed by atoms with Gasteiger partial charge in [0.1, 0.15) is 0 Å². The van der Waals surface area contributed by atoms with Gasteiger partial charge in [-0.2, -0.15) is 0 Å². The molecule has 0 saturated carbocycles. The molecule has 0 aromatic heterocycles. The van der Waals surface area contributed by atoms with Crippen molar-refractivity contribution in [3.05, 3.63) is 68.1 Å². The van der Waals surface area contributed by atoms with E-state index in [1.54, 1.807) is 0 Å². The minimum absolute atomic E-state index is 0.199. The van der Waals surface area contributed by atoms with Crippen LogP contribution in [0.15, 0.2) is 51.4 Å². The van der Waals surface area contributed by atoms with Crippen molar-refractivity contribution in [2.75, 3.05) is 7.05 Å². The third-order valence-corrected chi connectivity index (χ3v) is 4.36. The van der Waals surface area contributed by atoms with Crippen molar-refractivity contribution in [1.82, 2.24) is 5.32 Å². The van der Waals surface area contributed by atoms with E-state index >= 15 is 0 Å². The Morgan fingerprint density at radius 3 is 1.75 bits per heavy atom. The third kappa shape index (κ3) is 3.72. The van der Waals surface area contributed by atoms with Crippen LogP contribution < -0.4 is 5.32 Å². The van der Waals surface area contributed by atoms with E-state index in [2.05, 4.69) is 93.5 Å². The highest BCUT2D eigenvalue weighted by atomic mass is 79.9. The second-order valence-electron chi connectivity index (χ2n) is 5.25. The van der Waals surface area contributed by atoms with Gasteiger partial charge in [-0.25, -0.2) is 0 Å². The summed E-state index contributed by atoms with van der Waals surface area (Å²) in [6, 6.07) is 15.4. The van der Waals surface area contributed by atoms with Gasteiger partial charge in [-0.3, -0.25) is 0 Å². The molecule has 0 radical (unpaired) electrons. The maximum Gasteiger partial charge on any atom is 0.0575 e. The maximum absolute atomic E-state index is 3.56. The molecule has 2 rings (SSSR count). The molecule has 20 heavy (non-hydrogen) atoms. The van der Waals surface area contributed by atoms with E-state index in [0.29, 0.717) is 5.92 Å². The highest BCUT2D eigenvalue weighted by Gasteiger charge is 2.13. The first-order chi connectivity index (χ1) is 9.51. The number of hydrogen-bond acceptors (Lipinski definition) is 1. The lowest BCUT2D eigenvalue weighted by molar-refractivity contribution is 0.690. The summed E-state index contributed by atoms with van der Waals surface area (Å²) in [7, 11) is 2.00. The van der Waals surface area contributed by atoms with Crippen molar-refractivity contribution in [1.29, 1.82) is 0 Å². The molecule has 1 nitrogen and oxygen atoms in total. The third-order valence-electron chi connectivity index (χ3n) is 3.44. The van der Waals surface area contributed by atoms with E-state index in [0.717, 1.165) is 8.95 Å². The smallest absolute Gasteiger partial charge is 0.0575 e. The van der Waals surface area contributed by atoms with Crippen molar-refractivity contribution < 1.29 is 0 Å². The summed E-state index contributed by atoms with van der Waals surface area (Å²) in [6.45, 7) is 4.44. The molecule has 1 atom stereocenters. The average molecular weight is 397 g/mol. The van der Waals surface area contributed by atoms with Crippen LogP contribution in [0.1, 0.15) is 42.5 Å². The largest absolute Gasteiger partial charge is 0.309 e. The molecule has 2 aromatic rings. The number of benzene rings is 2. The Kier molecular flexibility index (Phi) is 5.42. The molecule has 3 heteroatoms. The van der Waals surface area contributed by atoms with Gasteiger partial charge in [-0.15, -0.1) is 0 Å². The lowest BCUT2D eigenvalue weighted by Gasteiger charge is -2.19. The van der Waals surface area contributed by atoms with Gasteiger partial charge in [0.15, 0.2) is 0 Å². The number of halogens is 2. The molecule has 0 heterocycles. The van der Waals surface area contributed by atoms with Crippen LogP contribution in [-0.2, 0) is 0 Å². The summed E-state index contributed by atoms with van der Waals surface area (Å²) < 4.78 is 2.17. The Bertz CT molecular complexity index is 556. The predicted octanol–water partition coefficient (Wildman–Crippen LogP) is 5.64. The van der Waals surface area contributed by atoms with Crippen LogP contribution >= 0.6 is 31.9 Å². The van der Waals surface area contributed by atoms with Crippen LogP contribution in [0.3, 0.4) is 0 Å². The summed E-state index contributed by atoms with van der Waals surface area (Å²) in [4.78, 5) is 0. The van der Waals surface area contributed by atoms with E-state index in [-0.39, 0.29) is 6.04 Å². The first-order valence-electron chi connectivity index (χ1n) is 6.74. The van der Waals surface area contributed by atoms with Gasteiger partial charge in [0.25, 0.3) is 0 Å². The van der Waals surface area contributed by atoms with Gasteiger partial charge in [0.05, 0.1) is 6.04 Å². The Labute approximate surface area is 138 Å². The normalized spacial score (nSPS) is 12.7. The Morgan fingerprint density at radius 1 is 0.800 bits per heavy atom. The van der Waals surface area contributed by atoms with Crippen molar-refractivity contribution in [3.63, 3.8) is 0 Å². The Hall–Kier alpha value is -0.640. The molecule has 106 valence electrons. The van der Waals surface area contributed by atoms with Crippen LogP contribution in [-0.4, -0.2) is 7.05 Å². The van der Waals surface area contributed by atoms with Gasteiger partial charge in [0, 0.05) is 8.95 Å². The molecule has 0 fully saturated rings. The molecule has 0 aliphatic rings. The van der Waals surface area contributed by atoms with Gasteiger partial charge in [0.2, 0.25) is 0 Å². The predicted molar refractivity (Wildman–Crippen MR) is 93.3 cm³/mol. The monoisotopic (exact) mass is 395 g/mol. The first kappa shape index (κ1) is 15.7. The van der Waals surface area contributed by atoms with E-state index in [1.807, 2.05) is 7.05 Å². The molecule has 0 bridgehead atoms. The van der Waals surface area contributed by atoms with Gasteiger partial charge < -0.3 is 5.32 Å². The van der Waals surface area contributed by atoms with E-state index < -0.39 is 0 Å². The highest BCUT2D eigenvalue weighted by Crippen LogP contribution is 2.28. The molecule has 1 unspecified atom stereocenters. The van der Waals surface area contributed by atoms with E-state index in [1.165, 1.54) is 16.7 Å². The van der Waals surface area contributed by atoms with Crippen molar-refractivity contribution in [3.8, 4) is 0 Å². The number of hydrogen-bond donors (Lipinski definition) is 1. The fourth-order valence-electron chi connectivity index (χ4n) is 2.34. The Morgan fingerprint density at radius 2 is 1.30 bits per heavy atom.